The summed E-state index contributed by atoms with van der Waals surface area (Å²) in [7, 11) is 0. The number of aromatic carboxylic acids is 1. The Kier molecular flexibility index (Phi) is 3.55. The molecule has 3 rings (SSSR count). The van der Waals surface area contributed by atoms with E-state index in [1.807, 2.05) is 0 Å². The molecule has 0 saturated heterocycles. The van der Waals surface area contributed by atoms with Gasteiger partial charge in [-0.1, -0.05) is 0 Å². The van der Waals surface area contributed by atoms with Crippen molar-refractivity contribution in [2.24, 2.45) is 0 Å². The Balaban J connectivity index is 2.13. The van der Waals surface area contributed by atoms with Crippen molar-refractivity contribution in [3.8, 4) is 5.95 Å². The van der Waals surface area contributed by atoms with Gasteiger partial charge in [-0.3, -0.25) is 0 Å². The molecule has 0 aliphatic carbocycles. The van der Waals surface area contributed by atoms with Crippen LogP contribution in [0.4, 0.5) is 13.2 Å². The number of carboxylic acids is 1. The van der Waals surface area contributed by atoms with Gasteiger partial charge in [0.15, 0.2) is 0 Å². The van der Waals surface area contributed by atoms with Crippen LogP contribution >= 0.6 is 11.8 Å². The Morgan fingerprint density at radius 1 is 1.39 bits per heavy atom. The molecule has 23 heavy (non-hydrogen) atoms. The van der Waals surface area contributed by atoms with E-state index in [2.05, 4.69) is 15.1 Å². The lowest BCUT2D eigenvalue weighted by atomic mass is 10.2. The highest BCUT2D eigenvalue weighted by Crippen LogP contribution is 2.38. The normalized spacial score (nSPS) is 12.0. The Morgan fingerprint density at radius 3 is 2.70 bits per heavy atom. The van der Waals surface area contributed by atoms with Crippen molar-refractivity contribution in [2.45, 2.75) is 11.1 Å². The monoisotopic (exact) mass is 342 g/mol. The largest absolute Gasteiger partial charge is 0.478 e. The van der Waals surface area contributed by atoms with E-state index in [1.165, 1.54) is 12.3 Å². The van der Waals surface area contributed by atoms with Gasteiger partial charge in [0.1, 0.15) is 0 Å². The molecular weight excluding hydrogens is 333 g/mol. The van der Waals surface area contributed by atoms with E-state index in [1.54, 1.807) is 6.26 Å². The molecule has 2 N–H and O–H groups in total. The van der Waals surface area contributed by atoms with Crippen LogP contribution in [0.2, 0.25) is 0 Å². The highest BCUT2D eigenvalue weighted by molar-refractivity contribution is 7.98. The fourth-order valence-corrected chi connectivity index (χ4v) is 2.70. The number of aromatic nitrogens is 4. The van der Waals surface area contributed by atoms with Gasteiger partial charge < -0.3 is 10.1 Å². The number of rotatable bonds is 3. The van der Waals surface area contributed by atoms with E-state index >= 15 is 0 Å². The number of hydrogen-bond acceptors (Lipinski definition) is 4. The first kappa shape index (κ1) is 15.4. The Labute approximate surface area is 131 Å². The smallest absolute Gasteiger partial charge is 0.417 e. The summed E-state index contributed by atoms with van der Waals surface area (Å²) < 4.78 is 40.3. The average molecular weight is 342 g/mol. The lowest BCUT2D eigenvalue weighted by Gasteiger charge is -2.10. The fourth-order valence-electron chi connectivity index (χ4n) is 2.07. The van der Waals surface area contributed by atoms with Crippen molar-refractivity contribution in [3.63, 3.8) is 0 Å². The first-order chi connectivity index (χ1) is 10.8. The zero-order chi connectivity index (χ0) is 16.8. The molecule has 0 fully saturated rings. The molecule has 6 nitrogen and oxygen atoms in total. The van der Waals surface area contributed by atoms with Crippen LogP contribution in [-0.4, -0.2) is 37.1 Å². The van der Waals surface area contributed by atoms with E-state index in [-0.39, 0.29) is 21.9 Å². The highest BCUT2D eigenvalue weighted by atomic mass is 32.2. The minimum absolute atomic E-state index is 0.0498. The van der Waals surface area contributed by atoms with Crippen molar-refractivity contribution in [1.29, 1.82) is 0 Å². The van der Waals surface area contributed by atoms with Gasteiger partial charge in [-0.15, -0.1) is 11.8 Å². The van der Waals surface area contributed by atoms with Crippen LogP contribution in [0.1, 0.15) is 15.9 Å². The highest BCUT2D eigenvalue weighted by Gasteiger charge is 2.34. The maximum absolute atomic E-state index is 13.1. The van der Waals surface area contributed by atoms with Gasteiger partial charge in [0.2, 0.25) is 5.95 Å². The number of aromatic amines is 1. The SMILES string of the molecule is CSc1cc2nc(-n3cc(C(=O)O)cn3)[nH]c2cc1C(F)(F)F. The Hall–Kier alpha value is -2.49. The molecule has 0 bridgehead atoms. The van der Waals surface area contributed by atoms with E-state index in [0.717, 1.165) is 28.7 Å². The minimum atomic E-state index is -4.47. The third-order valence-corrected chi connectivity index (χ3v) is 3.92. The molecular formula is C13H9F3N4O2S. The number of nitrogens with zero attached hydrogens (tertiary/aromatic N) is 3. The van der Waals surface area contributed by atoms with Crippen molar-refractivity contribution >= 4 is 28.8 Å². The number of imidazole rings is 1. The second-order valence-electron chi connectivity index (χ2n) is 4.61. The number of fused-ring (bicyclic) bond motifs is 1. The van der Waals surface area contributed by atoms with Crippen molar-refractivity contribution < 1.29 is 23.1 Å². The first-order valence-electron chi connectivity index (χ1n) is 6.23. The molecule has 120 valence electrons. The molecule has 0 amide bonds. The van der Waals surface area contributed by atoms with Crippen LogP contribution in [0.25, 0.3) is 17.0 Å². The summed E-state index contributed by atoms with van der Waals surface area (Å²) in [5.41, 5.74) is -0.271. The molecule has 10 heteroatoms. The molecule has 0 radical (unpaired) electrons. The second kappa shape index (κ2) is 5.30. The second-order valence-corrected chi connectivity index (χ2v) is 5.45. The van der Waals surface area contributed by atoms with Gasteiger partial charge in [0.25, 0.3) is 0 Å². The van der Waals surface area contributed by atoms with Crippen molar-refractivity contribution in [1.82, 2.24) is 19.7 Å². The van der Waals surface area contributed by atoms with Gasteiger partial charge in [-0.2, -0.15) is 18.3 Å². The molecule has 2 heterocycles. The molecule has 0 unspecified atom stereocenters. The summed E-state index contributed by atoms with van der Waals surface area (Å²) in [4.78, 5) is 17.8. The van der Waals surface area contributed by atoms with Gasteiger partial charge in [0.05, 0.1) is 28.4 Å². The average Bonchev–Trinajstić information content (AvgIpc) is 3.10. The summed E-state index contributed by atoms with van der Waals surface area (Å²) >= 11 is 0.976. The number of hydrogen-bond donors (Lipinski definition) is 2. The van der Waals surface area contributed by atoms with E-state index < -0.39 is 17.7 Å². The van der Waals surface area contributed by atoms with Gasteiger partial charge in [0, 0.05) is 11.1 Å². The van der Waals surface area contributed by atoms with Crippen LogP contribution in [0.5, 0.6) is 0 Å². The third-order valence-electron chi connectivity index (χ3n) is 3.14. The van der Waals surface area contributed by atoms with Crippen LogP contribution in [0.3, 0.4) is 0 Å². The summed E-state index contributed by atoms with van der Waals surface area (Å²) in [6, 6.07) is 2.32. The summed E-state index contributed by atoms with van der Waals surface area (Å²) in [5, 5.41) is 12.7. The maximum atomic E-state index is 13.1. The lowest BCUT2D eigenvalue weighted by Crippen LogP contribution is -2.06. The summed E-state index contributed by atoms with van der Waals surface area (Å²) in [5.74, 6) is -1.02. The standard InChI is InChI=1S/C13H9F3N4O2S/c1-23-10-3-9-8(2-7(10)13(14,15)16)18-12(19-9)20-5-6(4-17-20)11(21)22/h2-5H,1H3,(H,18,19)(H,21,22). The quantitative estimate of drug-likeness (QED) is 0.714. The molecule has 1 aromatic carbocycles. The fraction of sp³-hybridized carbons (Fsp3) is 0.154. The number of nitrogens with one attached hydrogen (secondary N) is 1. The molecule has 0 aliphatic heterocycles. The molecule has 2 aromatic heterocycles. The number of carboxylic acid groups (broad SMARTS) is 1. The van der Waals surface area contributed by atoms with Crippen molar-refractivity contribution in [3.05, 3.63) is 35.7 Å². The summed E-state index contributed by atoms with van der Waals surface area (Å²) in [6.45, 7) is 0. The number of carbonyl (C=O) groups is 1. The van der Waals surface area contributed by atoms with Crippen LogP contribution in [0.15, 0.2) is 29.4 Å². The Bertz CT molecular complexity index is 900. The van der Waals surface area contributed by atoms with Gasteiger partial charge in [-0.05, 0) is 18.4 Å². The van der Waals surface area contributed by atoms with Gasteiger partial charge >= 0.3 is 12.1 Å². The molecule has 3 aromatic rings. The topological polar surface area (TPSA) is 83.8 Å². The zero-order valence-electron chi connectivity index (χ0n) is 11.5. The number of thioether (sulfide) groups is 1. The van der Waals surface area contributed by atoms with Gasteiger partial charge in [-0.25, -0.2) is 14.5 Å². The lowest BCUT2D eigenvalue weighted by molar-refractivity contribution is -0.139. The molecule has 0 saturated carbocycles. The zero-order valence-corrected chi connectivity index (χ0v) is 12.4. The van der Waals surface area contributed by atoms with Crippen LogP contribution in [0, 0.1) is 0 Å². The van der Waals surface area contributed by atoms with Crippen LogP contribution < -0.4 is 0 Å². The number of alkyl halides is 3. The predicted octanol–water partition coefficient (Wildman–Crippen LogP) is 3.19. The van der Waals surface area contributed by atoms with E-state index in [9.17, 15) is 18.0 Å². The third kappa shape index (κ3) is 2.77. The Morgan fingerprint density at radius 2 is 2.13 bits per heavy atom. The number of benzene rings is 1. The van der Waals surface area contributed by atoms with E-state index in [4.69, 9.17) is 5.11 Å². The van der Waals surface area contributed by atoms with Crippen molar-refractivity contribution in [2.75, 3.05) is 6.26 Å². The number of halogens is 3. The van der Waals surface area contributed by atoms with E-state index in [0.29, 0.717) is 5.52 Å². The maximum Gasteiger partial charge on any atom is 0.417 e. The summed E-state index contributed by atoms with van der Waals surface area (Å²) in [6.07, 6.45) is -0.569. The molecule has 0 atom stereocenters. The number of H-pyrrole nitrogens is 1. The molecule has 0 aliphatic rings. The van der Waals surface area contributed by atoms with Crippen LogP contribution in [-0.2, 0) is 6.18 Å². The molecule has 0 spiro atoms. The predicted molar refractivity (Wildman–Crippen MR) is 77.0 cm³/mol. The minimum Gasteiger partial charge on any atom is -0.478 e. The first-order valence-corrected chi connectivity index (χ1v) is 7.45.